The number of benzene rings is 1. The van der Waals surface area contributed by atoms with E-state index in [0.717, 1.165) is 47.1 Å². The molecule has 1 saturated heterocycles. The molecule has 0 radical (unpaired) electrons. The summed E-state index contributed by atoms with van der Waals surface area (Å²) < 4.78 is 22.0. The number of hydrogen-bond acceptors (Lipinski definition) is 7. The maximum absolute atomic E-state index is 13.4. The molecule has 1 fully saturated rings. The summed E-state index contributed by atoms with van der Waals surface area (Å²) in [5, 5.41) is 0.937. The SMILES string of the molecule is C=S(=O)(NCC1CCOCC1)c1ccc(C)c(-c2cnc(N)c(-c3cnc(C)s3)n2)c1. The number of rotatable bonds is 6. The quantitative estimate of drug-likeness (QED) is 0.550. The van der Waals surface area contributed by atoms with E-state index in [1.807, 2.05) is 32.0 Å². The summed E-state index contributed by atoms with van der Waals surface area (Å²) in [5.41, 5.74) is 9.24. The first kappa shape index (κ1) is 21.9. The van der Waals surface area contributed by atoms with E-state index in [1.165, 1.54) is 11.3 Å². The van der Waals surface area contributed by atoms with Gasteiger partial charge in [-0.3, -0.25) is 0 Å². The van der Waals surface area contributed by atoms with E-state index in [2.05, 4.69) is 20.6 Å². The van der Waals surface area contributed by atoms with Crippen molar-refractivity contribution in [1.29, 1.82) is 0 Å². The first-order valence-electron chi connectivity index (χ1n) is 10.2. The monoisotopic (exact) mass is 457 g/mol. The van der Waals surface area contributed by atoms with Crippen molar-refractivity contribution in [1.82, 2.24) is 19.7 Å². The summed E-state index contributed by atoms with van der Waals surface area (Å²) in [6.07, 6.45) is 5.36. The summed E-state index contributed by atoms with van der Waals surface area (Å²) in [7, 11) is -2.65. The van der Waals surface area contributed by atoms with E-state index < -0.39 is 9.71 Å². The van der Waals surface area contributed by atoms with Gasteiger partial charge in [-0.2, -0.15) is 0 Å². The normalized spacial score (nSPS) is 16.8. The Labute approximate surface area is 187 Å². The van der Waals surface area contributed by atoms with E-state index in [-0.39, 0.29) is 0 Å². The lowest BCUT2D eigenvalue weighted by atomic mass is 10.0. The van der Waals surface area contributed by atoms with Gasteiger partial charge in [-0.05, 0) is 56.2 Å². The molecule has 7 nitrogen and oxygen atoms in total. The highest BCUT2D eigenvalue weighted by atomic mass is 32.2. The first-order valence-corrected chi connectivity index (χ1v) is 12.7. The van der Waals surface area contributed by atoms with Crippen molar-refractivity contribution in [2.24, 2.45) is 5.92 Å². The van der Waals surface area contributed by atoms with Crippen LogP contribution in [0.15, 0.2) is 35.5 Å². The summed E-state index contributed by atoms with van der Waals surface area (Å²) in [6.45, 7) is 6.11. The van der Waals surface area contributed by atoms with E-state index in [9.17, 15) is 4.21 Å². The number of anilines is 1. The molecule has 31 heavy (non-hydrogen) atoms. The highest BCUT2D eigenvalue weighted by Crippen LogP contribution is 2.31. The van der Waals surface area contributed by atoms with Crippen molar-refractivity contribution in [3.8, 4) is 21.8 Å². The number of ether oxygens (including phenoxy) is 1. The third-order valence-electron chi connectivity index (χ3n) is 5.47. The molecule has 2 aromatic heterocycles. The molecule has 3 heterocycles. The minimum Gasteiger partial charge on any atom is -0.382 e. The Morgan fingerprint density at radius 2 is 2.03 bits per heavy atom. The number of aromatic nitrogens is 3. The van der Waals surface area contributed by atoms with Crippen LogP contribution < -0.4 is 10.5 Å². The van der Waals surface area contributed by atoms with Crippen LogP contribution in [0.2, 0.25) is 0 Å². The number of nitrogens with two attached hydrogens (primary N) is 1. The van der Waals surface area contributed by atoms with Gasteiger partial charge in [0.2, 0.25) is 0 Å². The predicted octanol–water partition coefficient (Wildman–Crippen LogP) is 3.47. The van der Waals surface area contributed by atoms with Gasteiger partial charge in [-0.25, -0.2) is 23.9 Å². The predicted molar refractivity (Wildman–Crippen MR) is 128 cm³/mol. The van der Waals surface area contributed by atoms with Crippen molar-refractivity contribution in [2.45, 2.75) is 31.6 Å². The maximum Gasteiger partial charge on any atom is 0.150 e. The number of nitrogens with zero attached hydrogens (tertiary/aromatic N) is 3. The van der Waals surface area contributed by atoms with Crippen LogP contribution in [0.4, 0.5) is 5.82 Å². The van der Waals surface area contributed by atoms with Crippen LogP contribution in [-0.4, -0.2) is 44.8 Å². The average Bonchev–Trinajstić information content (AvgIpc) is 3.20. The molecule has 0 aliphatic carbocycles. The van der Waals surface area contributed by atoms with E-state index in [1.54, 1.807) is 12.4 Å². The van der Waals surface area contributed by atoms with Crippen molar-refractivity contribution < 1.29 is 8.95 Å². The van der Waals surface area contributed by atoms with Crippen molar-refractivity contribution in [2.75, 3.05) is 25.5 Å². The number of thiazole rings is 1. The Bertz CT molecular complexity index is 1180. The molecule has 1 aromatic carbocycles. The van der Waals surface area contributed by atoms with Crippen molar-refractivity contribution >= 4 is 32.7 Å². The van der Waals surface area contributed by atoms with Gasteiger partial charge in [-0.1, -0.05) is 6.07 Å². The summed E-state index contributed by atoms with van der Waals surface area (Å²) in [6, 6.07) is 5.70. The van der Waals surface area contributed by atoms with Crippen LogP contribution in [-0.2, 0) is 14.4 Å². The van der Waals surface area contributed by atoms with E-state index in [0.29, 0.717) is 34.6 Å². The molecule has 0 amide bonds. The molecule has 4 rings (SSSR count). The second kappa shape index (κ2) is 9.04. The topological polar surface area (TPSA) is 103 Å². The Morgan fingerprint density at radius 1 is 1.26 bits per heavy atom. The number of hydrogen-bond donors (Lipinski definition) is 2. The Kier molecular flexibility index (Phi) is 6.38. The summed E-state index contributed by atoms with van der Waals surface area (Å²) >= 11 is 1.52. The molecule has 9 heteroatoms. The van der Waals surface area contributed by atoms with Gasteiger partial charge in [0.25, 0.3) is 0 Å². The van der Waals surface area contributed by atoms with Crippen LogP contribution >= 0.6 is 11.3 Å². The van der Waals surface area contributed by atoms with Gasteiger partial charge in [0.1, 0.15) is 5.69 Å². The second-order valence-electron chi connectivity index (χ2n) is 7.79. The number of aryl methyl sites for hydroxylation is 2. The van der Waals surface area contributed by atoms with Crippen LogP contribution in [0.25, 0.3) is 21.8 Å². The average molecular weight is 458 g/mol. The van der Waals surface area contributed by atoms with Gasteiger partial charge in [0, 0.05) is 36.4 Å². The Morgan fingerprint density at radius 3 is 2.74 bits per heavy atom. The van der Waals surface area contributed by atoms with Crippen LogP contribution in [0, 0.1) is 19.8 Å². The fourth-order valence-corrected chi connectivity index (χ4v) is 5.59. The molecular weight excluding hydrogens is 430 g/mol. The van der Waals surface area contributed by atoms with Crippen LogP contribution in [0.5, 0.6) is 0 Å². The molecule has 1 aliphatic heterocycles. The Balaban J connectivity index is 1.63. The first-order chi connectivity index (χ1) is 14.8. The smallest absolute Gasteiger partial charge is 0.150 e. The molecule has 1 atom stereocenters. The molecule has 164 valence electrons. The second-order valence-corrected chi connectivity index (χ2v) is 11.1. The zero-order chi connectivity index (χ0) is 22.0. The minimum atomic E-state index is -2.65. The molecular formula is C22H27N5O2S2. The van der Waals surface area contributed by atoms with Crippen molar-refractivity contribution in [3.05, 3.63) is 41.2 Å². The molecule has 0 bridgehead atoms. The standard InChI is InChI=1S/C22H27N5O2S2/c1-14-4-5-17(31(3,28)26-11-16-6-8-29-9-7-16)10-18(14)19-12-25-22(23)21(27-19)20-13-24-15(2)30-20/h4-5,10,12-13,16H,3,6-9,11H2,1-2H3,(H2,23,25)(H,26,28). The van der Waals surface area contributed by atoms with Gasteiger partial charge in [-0.15, -0.1) is 11.3 Å². The van der Waals surface area contributed by atoms with Gasteiger partial charge >= 0.3 is 0 Å². The summed E-state index contributed by atoms with van der Waals surface area (Å²) in [5.74, 6) is 4.81. The molecule has 1 unspecified atom stereocenters. The molecule has 1 aliphatic rings. The number of nitrogens with one attached hydrogen (secondary N) is 1. The Hall–Kier alpha value is -2.33. The molecule has 0 spiro atoms. The summed E-state index contributed by atoms with van der Waals surface area (Å²) in [4.78, 5) is 14.9. The van der Waals surface area contributed by atoms with Crippen LogP contribution in [0.1, 0.15) is 23.4 Å². The van der Waals surface area contributed by atoms with E-state index >= 15 is 0 Å². The lowest BCUT2D eigenvalue weighted by Gasteiger charge is -2.23. The van der Waals surface area contributed by atoms with Gasteiger partial charge in [0.05, 0.1) is 31.5 Å². The number of nitrogen functional groups attached to an aromatic ring is 1. The zero-order valence-electron chi connectivity index (χ0n) is 17.8. The zero-order valence-corrected chi connectivity index (χ0v) is 19.4. The highest BCUT2D eigenvalue weighted by Gasteiger charge is 2.18. The fourth-order valence-electron chi connectivity index (χ4n) is 3.55. The minimum absolute atomic E-state index is 0.361. The molecule has 3 N–H and O–H groups in total. The van der Waals surface area contributed by atoms with Gasteiger partial charge in [0.15, 0.2) is 5.82 Å². The van der Waals surface area contributed by atoms with Crippen molar-refractivity contribution in [3.63, 3.8) is 0 Å². The van der Waals surface area contributed by atoms with Gasteiger partial charge < -0.3 is 10.5 Å². The van der Waals surface area contributed by atoms with E-state index in [4.69, 9.17) is 15.5 Å². The molecule has 3 aromatic rings. The fraction of sp³-hybridized carbons (Fsp3) is 0.364. The van der Waals surface area contributed by atoms with Crippen LogP contribution in [0.3, 0.4) is 0 Å². The third kappa shape index (κ3) is 4.95. The largest absolute Gasteiger partial charge is 0.382 e. The lowest BCUT2D eigenvalue weighted by molar-refractivity contribution is 0.0679. The lowest BCUT2D eigenvalue weighted by Crippen LogP contribution is -2.32. The third-order valence-corrected chi connectivity index (χ3v) is 8.04. The highest BCUT2D eigenvalue weighted by molar-refractivity contribution is 7.98. The maximum atomic E-state index is 13.4. The molecule has 0 saturated carbocycles.